The predicted octanol–water partition coefficient (Wildman–Crippen LogP) is -0.158. The highest BCUT2D eigenvalue weighted by Crippen LogP contribution is 2.09. The summed E-state index contributed by atoms with van der Waals surface area (Å²) in [6.45, 7) is 3.76. The van der Waals surface area contributed by atoms with Crippen LogP contribution in [0.2, 0.25) is 0 Å². The maximum atomic E-state index is 9.33. The van der Waals surface area contributed by atoms with Crippen molar-refractivity contribution in [2.75, 3.05) is 14.1 Å². The summed E-state index contributed by atoms with van der Waals surface area (Å²) in [5, 5.41) is 9.33. The molecule has 0 spiro atoms. The summed E-state index contributed by atoms with van der Waals surface area (Å²) >= 11 is 0. The Kier molecular flexibility index (Phi) is 4.95. The zero-order valence-corrected chi connectivity index (χ0v) is 6.60. The lowest BCUT2D eigenvalue weighted by Gasteiger charge is -2.29. The van der Waals surface area contributed by atoms with Crippen molar-refractivity contribution in [1.29, 1.82) is 0 Å². The first kappa shape index (κ1) is 11.6. The second kappa shape index (κ2) is 3.82. The molecule has 58 valence electrons. The van der Waals surface area contributed by atoms with E-state index >= 15 is 0 Å². The molecule has 0 amide bonds. The van der Waals surface area contributed by atoms with Gasteiger partial charge in [0, 0.05) is 0 Å². The average molecular weight is 135 g/mol. The first-order chi connectivity index (χ1) is 3.50. The Labute approximate surface area is 56.6 Å². The molecule has 0 aliphatic carbocycles. The van der Waals surface area contributed by atoms with Crippen molar-refractivity contribution in [3.63, 3.8) is 0 Å². The molecule has 0 aliphatic rings. The van der Waals surface area contributed by atoms with Crippen LogP contribution >= 0.6 is 0 Å². The van der Waals surface area contributed by atoms with Gasteiger partial charge in [-0.15, -0.1) is 0 Å². The number of rotatable bonds is 2. The molecular formula is C6H17NO2. The van der Waals surface area contributed by atoms with Crippen LogP contribution in [0.3, 0.4) is 0 Å². The first-order valence-electron chi connectivity index (χ1n) is 2.90. The molecule has 0 saturated carbocycles. The standard InChI is InChI=1S/C6H15NO.H2O/c1-5-6(2,8)7(3)4;/h8H,5H2,1-4H3;1H2. The van der Waals surface area contributed by atoms with Gasteiger partial charge in [0.15, 0.2) is 0 Å². The zero-order chi connectivity index (χ0) is 6.78. The molecule has 0 aromatic rings. The van der Waals surface area contributed by atoms with Crippen LogP contribution in [0.5, 0.6) is 0 Å². The summed E-state index contributed by atoms with van der Waals surface area (Å²) in [7, 11) is 3.73. The van der Waals surface area contributed by atoms with Gasteiger partial charge in [-0.05, 0) is 27.4 Å². The first-order valence-corrected chi connectivity index (χ1v) is 2.90. The van der Waals surface area contributed by atoms with Crippen LogP contribution in [-0.4, -0.2) is 35.3 Å². The summed E-state index contributed by atoms with van der Waals surface area (Å²) in [5.74, 6) is 0. The quantitative estimate of drug-likeness (QED) is 0.535. The smallest absolute Gasteiger partial charge is 0.114 e. The van der Waals surface area contributed by atoms with Gasteiger partial charge in [-0.1, -0.05) is 6.92 Å². The predicted molar refractivity (Wildman–Crippen MR) is 38.2 cm³/mol. The molecule has 0 bridgehead atoms. The second-order valence-electron chi connectivity index (χ2n) is 2.46. The second-order valence-corrected chi connectivity index (χ2v) is 2.46. The Hall–Kier alpha value is -0.120. The van der Waals surface area contributed by atoms with E-state index in [-0.39, 0.29) is 5.48 Å². The Morgan fingerprint density at radius 2 is 1.78 bits per heavy atom. The number of hydrogen-bond donors (Lipinski definition) is 1. The van der Waals surface area contributed by atoms with Crippen LogP contribution in [0.15, 0.2) is 0 Å². The molecule has 0 radical (unpaired) electrons. The Balaban J connectivity index is 0. The third-order valence-corrected chi connectivity index (χ3v) is 1.63. The largest absolute Gasteiger partial charge is 0.412 e. The van der Waals surface area contributed by atoms with Crippen molar-refractivity contribution < 1.29 is 10.6 Å². The van der Waals surface area contributed by atoms with Gasteiger partial charge >= 0.3 is 0 Å². The highest BCUT2D eigenvalue weighted by molar-refractivity contribution is 4.64. The fourth-order valence-electron chi connectivity index (χ4n) is 0.316. The molecular weight excluding hydrogens is 118 g/mol. The van der Waals surface area contributed by atoms with E-state index in [0.29, 0.717) is 0 Å². The Morgan fingerprint density at radius 1 is 1.44 bits per heavy atom. The van der Waals surface area contributed by atoms with E-state index in [1.807, 2.05) is 21.0 Å². The molecule has 0 rings (SSSR count). The number of nitrogens with zero attached hydrogens (tertiary/aromatic N) is 1. The number of hydrogen-bond acceptors (Lipinski definition) is 2. The Bertz CT molecular complexity index is 71.5. The van der Waals surface area contributed by atoms with Gasteiger partial charge in [-0.3, -0.25) is 4.90 Å². The highest BCUT2D eigenvalue weighted by Gasteiger charge is 2.18. The molecule has 3 N–H and O–H groups in total. The van der Waals surface area contributed by atoms with Crippen LogP contribution in [0.25, 0.3) is 0 Å². The maximum Gasteiger partial charge on any atom is 0.114 e. The highest BCUT2D eigenvalue weighted by atomic mass is 16.3. The monoisotopic (exact) mass is 135 g/mol. The van der Waals surface area contributed by atoms with Crippen LogP contribution in [-0.2, 0) is 0 Å². The van der Waals surface area contributed by atoms with E-state index in [4.69, 9.17) is 0 Å². The van der Waals surface area contributed by atoms with E-state index in [0.717, 1.165) is 6.42 Å². The van der Waals surface area contributed by atoms with Gasteiger partial charge in [0.05, 0.1) is 0 Å². The lowest BCUT2D eigenvalue weighted by molar-refractivity contribution is -0.0680. The fraction of sp³-hybridized carbons (Fsp3) is 1.00. The minimum atomic E-state index is -0.625. The SMILES string of the molecule is CCC(C)(O)N(C)C.O. The van der Waals surface area contributed by atoms with Gasteiger partial charge in [-0.25, -0.2) is 0 Å². The van der Waals surface area contributed by atoms with Crippen molar-refractivity contribution in [2.24, 2.45) is 0 Å². The van der Waals surface area contributed by atoms with Crippen molar-refractivity contribution in [1.82, 2.24) is 4.90 Å². The third-order valence-electron chi connectivity index (χ3n) is 1.63. The van der Waals surface area contributed by atoms with Crippen molar-refractivity contribution in [3.8, 4) is 0 Å². The summed E-state index contributed by atoms with van der Waals surface area (Å²) in [5.41, 5.74) is -0.625. The van der Waals surface area contributed by atoms with Gasteiger partial charge < -0.3 is 10.6 Å². The maximum absolute atomic E-state index is 9.33. The van der Waals surface area contributed by atoms with E-state index in [1.54, 1.807) is 11.8 Å². The van der Waals surface area contributed by atoms with Crippen LogP contribution in [0.4, 0.5) is 0 Å². The van der Waals surface area contributed by atoms with Crippen LogP contribution < -0.4 is 0 Å². The topological polar surface area (TPSA) is 55.0 Å². The van der Waals surface area contributed by atoms with Gasteiger partial charge in [0.1, 0.15) is 5.72 Å². The normalized spacial score (nSPS) is 16.7. The van der Waals surface area contributed by atoms with Gasteiger partial charge in [-0.2, -0.15) is 0 Å². The lowest BCUT2D eigenvalue weighted by Crippen LogP contribution is -2.40. The molecule has 1 atom stereocenters. The molecule has 1 unspecified atom stereocenters. The zero-order valence-electron chi connectivity index (χ0n) is 6.60. The summed E-state index contributed by atoms with van der Waals surface area (Å²) in [4.78, 5) is 1.80. The van der Waals surface area contributed by atoms with E-state index < -0.39 is 5.72 Å². The molecule has 3 heteroatoms. The lowest BCUT2D eigenvalue weighted by atomic mass is 10.2. The van der Waals surface area contributed by atoms with Gasteiger partial charge in [0.2, 0.25) is 0 Å². The molecule has 0 aromatic carbocycles. The molecule has 9 heavy (non-hydrogen) atoms. The van der Waals surface area contributed by atoms with E-state index in [1.165, 1.54) is 0 Å². The van der Waals surface area contributed by atoms with Gasteiger partial charge in [0.25, 0.3) is 0 Å². The molecule has 0 fully saturated rings. The van der Waals surface area contributed by atoms with Crippen LogP contribution in [0, 0.1) is 0 Å². The molecule has 0 aromatic heterocycles. The van der Waals surface area contributed by atoms with Crippen molar-refractivity contribution in [3.05, 3.63) is 0 Å². The summed E-state index contributed by atoms with van der Waals surface area (Å²) < 4.78 is 0. The minimum Gasteiger partial charge on any atom is -0.412 e. The summed E-state index contributed by atoms with van der Waals surface area (Å²) in [6.07, 6.45) is 0.764. The van der Waals surface area contributed by atoms with Crippen molar-refractivity contribution in [2.45, 2.75) is 26.0 Å². The fourth-order valence-corrected chi connectivity index (χ4v) is 0.316. The molecule has 0 saturated heterocycles. The molecule has 0 heterocycles. The number of aliphatic hydroxyl groups is 1. The van der Waals surface area contributed by atoms with E-state index in [2.05, 4.69) is 0 Å². The molecule has 3 nitrogen and oxygen atoms in total. The average Bonchev–Trinajstić information content (AvgIpc) is 1.67. The summed E-state index contributed by atoms with van der Waals surface area (Å²) in [6, 6.07) is 0. The van der Waals surface area contributed by atoms with E-state index in [9.17, 15) is 5.11 Å². The van der Waals surface area contributed by atoms with Crippen LogP contribution in [0.1, 0.15) is 20.3 Å². The van der Waals surface area contributed by atoms with Crippen molar-refractivity contribution >= 4 is 0 Å². The Morgan fingerprint density at radius 3 is 1.78 bits per heavy atom. The minimum absolute atomic E-state index is 0. The third kappa shape index (κ3) is 3.46. The molecule has 0 aliphatic heterocycles.